The van der Waals surface area contributed by atoms with Gasteiger partial charge in [0.25, 0.3) is 22.9 Å². The molecule has 3 heterocycles. The molecule has 13 nitrogen and oxygen atoms in total. The zero-order chi connectivity index (χ0) is 32.8. The Hall–Kier alpha value is -4.29. The van der Waals surface area contributed by atoms with Crippen LogP contribution < -0.4 is 26.5 Å². The first-order valence-electron chi connectivity index (χ1n) is 15.0. The summed E-state index contributed by atoms with van der Waals surface area (Å²) < 4.78 is 14.6. The molecule has 0 saturated heterocycles. The summed E-state index contributed by atoms with van der Waals surface area (Å²) in [4.78, 5) is 66.7. The molecule has 0 aromatic carbocycles. The van der Waals surface area contributed by atoms with Crippen LogP contribution in [0.2, 0.25) is 0 Å². The molecule has 1 unspecified atom stereocenters. The quantitative estimate of drug-likeness (QED) is 0.404. The zero-order valence-corrected chi connectivity index (χ0v) is 27.8. The number of amides is 3. The van der Waals surface area contributed by atoms with Crippen molar-refractivity contribution in [3.8, 4) is 11.5 Å². The zero-order valence-electron chi connectivity index (χ0n) is 26.6. The van der Waals surface area contributed by atoms with Gasteiger partial charge in [-0.05, 0) is 36.5 Å². The second-order valence-electron chi connectivity index (χ2n) is 11.6. The summed E-state index contributed by atoms with van der Waals surface area (Å²) in [7, 11) is 3.02. The number of rotatable bonds is 5. The molecule has 250 valence electrons. The predicted molar refractivity (Wildman–Crippen MR) is 166 cm³/mol. The van der Waals surface area contributed by atoms with E-state index in [1.165, 1.54) is 36.1 Å². The summed E-state index contributed by atoms with van der Waals surface area (Å²) in [5.41, 5.74) is -0.468. The first-order valence-corrected chi connectivity index (χ1v) is 15.0. The van der Waals surface area contributed by atoms with E-state index in [2.05, 4.69) is 10.6 Å². The van der Waals surface area contributed by atoms with E-state index in [-0.39, 0.29) is 71.9 Å². The molecule has 4 rings (SSSR count). The fourth-order valence-electron chi connectivity index (χ4n) is 5.31. The van der Waals surface area contributed by atoms with Crippen molar-refractivity contribution in [2.45, 2.75) is 46.3 Å². The number of aryl methyl sites for hydroxylation is 2. The normalized spacial score (nSPS) is 19.0. The van der Waals surface area contributed by atoms with Crippen molar-refractivity contribution in [1.29, 1.82) is 0 Å². The van der Waals surface area contributed by atoms with Crippen molar-refractivity contribution in [3.63, 3.8) is 0 Å². The predicted octanol–water partition coefficient (Wildman–Crippen LogP) is 1.80. The first kappa shape index (κ1) is 36.2. The van der Waals surface area contributed by atoms with Crippen molar-refractivity contribution < 1.29 is 46.0 Å². The summed E-state index contributed by atoms with van der Waals surface area (Å²) in [6, 6.07) is 2.83. The minimum atomic E-state index is -0.883. The maximum atomic E-state index is 14.1. The first-order chi connectivity index (χ1) is 21.4. The van der Waals surface area contributed by atoms with E-state index >= 15 is 0 Å². The van der Waals surface area contributed by atoms with Crippen LogP contribution in [0.1, 0.15) is 60.7 Å². The molecular formula is C32H41FeN5O8. The smallest absolute Gasteiger partial charge is 0.293 e. The molecule has 46 heavy (non-hydrogen) atoms. The average molecular weight is 680 g/mol. The molecule has 2 aliphatic rings. The van der Waals surface area contributed by atoms with Gasteiger partial charge in [-0.2, -0.15) is 0 Å². The number of aromatic nitrogens is 2. The summed E-state index contributed by atoms with van der Waals surface area (Å²) in [6.07, 6.45) is 7.66. The molecule has 3 N–H and O–H groups in total. The third-order valence-electron chi connectivity index (χ3n) is 7.97. The van der Waals surface area contributed by atoms with E-state index in [9.17, 15) is 29.1 Å². The van der Waals surface area contributed by atoms with Gasteiger partial charge in [-0.25, -0.2) is 0 Å². The second kappa shape index (κ2) is 15.8. The van der Waals surface area contributed by atoms with Crippen LogP contribution in [0.15, 0.2) is 57.6 Å². The molecule has 2 aromatic heterocycles. The van der Waals surface area contributed by atoms with Gasteiger partial charge in [-0.15, -0.1) is 0 Å². The number of hydrogen-bond acceptors (Lipinski definition) is 8. The molecule has 0 fully saturated rings. The van der Waals surface area contributed by atoms with Crippen LogP contribution in [0.5, 0.6) is 11.5 Å². The van der Waals surface area contributed by atoms with E-state index in [4.69, 9.17) is 9.47 Å². The van der Waals surface area contributed by atoms with Gasteiger partial charge in [0.15, 0.2) is 5.75 Å². The molecule has 0 radical (unpaired) electrons. The van der Waals surface area contributed by atoms with Crippen molar-refractivity contribution in [1.82, 2.24) is 24.7 Å². The molecule has 0 saturated carbocycles. The third-order valence-corrected chi connectivity index (χ3v) is 7.97. The number of allylic oxidation sites excluding steroid dienone is 4. The summed E-state index contributed by atoms with van der Waals surface area (Å²) in [5.74, 6) is -2.01. The largest absolute Gasteiger partial charge is 0.502 e. The Morgan fingerprint density at radius 3 is 2.50 bits per heavy atom. The topological polar surface area (TPSA) is 161 Å². The Bertz CT molecular complexity index is 1640. The third kappa shape index (κ3) is 8.29. The number of fused-ring (bicyclic) bond motifs is 1. The molecule has 14 heteroatoms. The Morgan fingerprint density at radius 1 is 1.09 bits per heavy atom. The van der Waals surface area contributed by atoms with E-state index in [0.29, 0.717) is 18.6 Å². The van der Waals surface area contributed by atoms with Crippen LogP contribution in [0, 0.1) is 11.8 Å². The molecule has 1 aliphatic heterocycles. The van der Waals surface area contributed by atoms with E-state index in [1.807, 2.05) is 26.0 Å². The molecule has 1 aliphatic carbocycles. The molecule has 2 aromatic rings. The van der Waals surface area contributed by atoms with Gasteiger partial charge < -0.3 is 39.2 Å². The van der Waals surface area contributed by atoms with Gasteiger partial charge in [-0.3, -0.25) is 24.0 Å². The van der Waals surface area contributed by atoms with Crippen LogP contribution in [0.25, 0.3) is 0 Å². The van der Waals surface area contributed by atoms with E-state index in [0.717, 1.165) is 16.6 Å². The maximum absolute atomic E-state index is 14.1. The number of hydrogen-bond donors (Lipinski definition) is 3. The Morgan fingerprint density at radius 2 is 1.78 bits per heavy atom. The summed E-state index contributed by atoms with van der Waals surface area (Å²) >= 11 is 0. The minimum Gasteiger partial charge on any atom is -0.502 e. The minimum absolute atomic E-state index is 0. The maximum Gasteiger partial charge on any atom is 0.293 e. The number of nitrogens with one attached hydrogen (secondary N) is 2. The van der Waals surface area contributed by atoms with E-state index in [1.54, 1.807) is 18.9 Å². The van der Waals surface area contributed by atoms with Gasteiger partial charge in [0.1, 0.15) is 5.76 Å². The fourth-order valence-corrected chi connectivity index (χ4v) is 5.31. The molecule has 0 bridgehead atoms. The Kier molecular flexibility index (Phi) is 12.4. The monoisotopic (exact) mass is 679 g/mol. The molecular weight excluding hydrogens is 638 g/mol. The Balaban J connectivity index is 0.00000576. The SMILES string of the molecule is CC(C)C1CC2=C(CCC=C2)O[C@@H](C)Oc2c(ccn(C)c2=O)C(=O)NCCN(CCNC(=O)c2ccn(C)c(=O)c2O)C1=O.[Fe]. The van der Waals surface area contributed by atoms with Crippen molar-refractivity contribution in [3.05, 3.63) is 79.8 Å². The van der Waals surface area contributed by atoms with Gasteiger partial charge in [0.2, 0.25) is 17.9 Å². The summed E-state index contributed by atoms with van der Waals surface area (Å²) in [5, 5.41) is 15.6. The molecule has 3 amide bonds. The molecule has 0 spiro atoms. The average Bonchev–Trinajstić information content (AvgIpc) is 3.00. The van der Waals surface area contributed by atoms with Crippen LogP contribution in [0.3, 0.4) is 0 Å². The summed E-state index contributed by atoms with van der Waals surface area (Å²) in [6.45, 7) is 5.89. The van der Waals surface area contributed by atoms with Crippen LogP contribution in [-0.4, -0.2) is 69.3 Å². The van der Waals surface area contributed by atoms with Gasteiger partial charge in [0, 0.05) is 89.0 Å². The number of carbonyl (C=O) groups excluding carboxylic acids is 3. The van der Waals surface area contributed by atoms with Gasteiger partial charge >= 0.3 is 0 Å². The van der Waals surface area contributed by atoms with Crippen LogP contribution >= 0.6 is 0 Å². The standard InChI is InChI=1S/C32H41N5O8.Fe/c1-19(2)24-18-21-8-6-7-9-25(21)44-20(3)45-27-23(11-15-36(5)32(27)43)29(40)34-13-17-37(30(24)41)16-12-33-28(39)22-10-14-35(4)31(42)26(22)38;/h6,8,10-11,14-15,19-20,24,38H,7,9,12-13,16-18H2,1-5H3,(H,33,39)(H,34,40);/t20-,24?;/m1./s1. The Labute approximate surface area is 277 Å². The second-order valence-corrected chi connectivity index (χ2v) is 11.6. The number of carbonyl (C=O) groups is 3. The number of nitrogens with zero attached hydrogens (tertiary/aromatic N) is 3. The van der Waals surface area contributed by atoms with E-state index < -0.39 is 40.9 Å². The van der Waals surface area contributed by atoms with Crippen LogP contribution in [0.4, 0.5) is 0 Å². The molecule has 2 atom stereocenters. The van der Waals surface area contributed by atoms with Crippen molar-refractivity contribution in [2.24, 2.45) is 25.9 Å². The van der Waals surface area contributed by atoms with Crippen LogP contribution in [-0.2, 0) is 40.7 Å². The van der Waals surface area contributed by atoms with Gasteiger partial charge in [0.05, 0.1) is 11.1 Å². The number of aromatic hydroxyl groups is 1. The van der Waals surface area contributed by atoms with Crippen molar-refractivity contribution >= 4 is 17.7 Å². The fraction of sp³-hybridized carbons (Fsp3) is 0.469. The van der Waals surface area contributed by atoms with Crippen molar-refractivity contribution in [2.75, 3.05) is 26.2 Å². The van der Waals surface area contributed by atoms with Gasteiger partial charge in [-0.1, -0.05) is 26.0 Å². The number of pyridine rings is 2. The number of ether oxygens (including phenoxy) is 2.